The first-order chi connectivity index (χ1) is 9.76. The van der Waals surface area contributed by atoms with Gasteiger partial charge in [0.25, 0.3) is 0 Å². The Morgan fingerprint density at radius 3 is 2.30 bits per heavy atom. The van der Waals surface area contributed by atoms with E-state index in [1.54, 1.807) is 0 Å². The van der Waals surface area contributed by atoms with Gasteiger partial charge in [0, 0.05) is 28.8 Å². The van der Waals surface area contributed by atoms with E-state index >= 15 is 0 Å². The molecule has 0 amide bonds. The molecular formula is C16H20BrNO2. The maximum Gasteiger partial charge on any atom is 0.174 e. The summed E-state index contributed by atoms with van der Waals surface area (Å²) in [6.07, 6.45) is -0.215. The van der Waals surface area contributed by atoms with Crippen LogP contribution in [-0.2, 0) is 9.47 Å². The van der Waals surface area contributed by atoms with Crippen LogP contribution in [-0.4, -0.2) is 26.0 Å². The van der Waals surface area contributed by atoms with E-state index in [9.17, 15) is 0 Å². The molecule has 0 unspecified atom stereocenters. The third-order valence-electron chi connectivity index (χ3n) is 3.04. The van der Waals surface area contributed by atoms with Gasteiger partial charge in [-0.3, -0.25) is 0 Å². The Labute approximate surface area is 128 Å². The molecule has 4 heteroatoms. The maximum absolute atomic E-state index is 5.55. The second-order valence-electron chi connectivity index (χ2n) is 4.36. The first kappa shape index (κ1) is 15.3. The van der Waals surface area contributed by atoms with Crippen LogP contribution in [0, 0.1) is 0 Å². The van der Waals surface area contributed by atoms with Crippen LogP contribution in [0.3, 0.4) is 0 Å². The number of anilines is 1. The average molecular weight is 338 g/mol. The molecule has 0 atom stereocenters. The van der Waals surface area contributed by atoms with Gasteiger partial charge in [-0.15, -0.1) is 0 Å². The van der Waals surface area contributed by atoms with Gasteiger partial charge in [-0.2, -0.15) is 0 Å². The molecule has 2 rings (SSSR count). The zero-order valence-electron chi connectivity index (χ0n) is 11.9. The van der Waals surface area contributed by atoms with Crippen LogP contribution < -0.4 is 5.32 Å². The Morgan fingerprint density at radius 1 is 1.00 bits per heavy atom. The van der Waals surface area contributed by atoms with Crippen LogP contribution in [0.1, 0.15) is 13.8 Å². The Morgan fingerprint density at radius 2 is 1.65 bits per heavy atom. The molecule has 0 aliphatic carbocycles. The lowest BCUT2D eigenvalue weighted by molar-refractivity contribution is -0.126. The van der Waals surface area contributed by atoms with E-state index in [2.05, 4.69) is 45.5 Å². The van der Waals surface area contributed by atoms with Crippen molar-refractivity contribution in [3.8, 4) is 0 Å². The van der Waals surface area contributed by atoms with Crippen molar-refractivity contribution in [3.63, 3.8) is 0 Å². The molecule has 2 aromatic rings. The fourth-order valence-electron chi connectivity index (χ4n) is 2.15. The summed E-state index contributed by atoms with van der Waals surface area (Å²) in [7, 11) is 0. The molecule has 0 heterocycles. The van der Waals surface area contributed by atoms with Crippen molar-refractivity contribution in [2.24, 2.45) is 0 Å². The predicted molar refractivity (Wildman–Crippen MR) is 87.2 cm³/mol. The Bertz CT molecular complexity index is 553. The molecule has 108 valence electrons. The van der Waals surface area contributed by atoms with Crippen molar-refractivity contribution in [2.45, 2.75) is 20.1 Å². The van der Waals surface area contributed by atoms with E-state index in [0.717, 1.165) is 10.2 Å². The summed E-state index contributed by atoms with van der Waals surface area (Å²) in [5, 5.41) is 5.80. The summed E-state index contributed by atoms with van der Waals surface area (Å²) in [6, 6.07) is 12.4. The molecule has 0 aliphatic heterocycles. The lowest BCUT2D eigenvalue weighted by Gasteiger charge is -2.19. The molecule has 0 saturated heterocycles. The highest BCUT2D eigenvalue weighted by Gasteiger charge is 2.09. The number of rotatable bonds is 7. The van der Waals surface area contributed by atoms with E-state index in [1.807, 2.05) is 26.0 Å². The minimum absolute atomic E-state index is 0.215. The zero-order valence-corrected chi connectivity index (χ0v) is 13.4. The number of ether oxygens (including phenoxy) is 2. The van der Waals surface area contributed by atoms with Crippen LogP contribution >= 0.6 is 15.9 Å². The van der Waals surface area contributed by atoms with Gasteiger partial charge in [-0.25, -0.2) is 0 Å². The van der Waals surface area contributed by atoms with Gasteiger partial charge < -0.3 is 14.8 Å². The van der Waals surface area contributed by atoms with Crippen LogP contribution in [0.4, 0.5) is 5.69 Å². The third kappa shape index (κ3) is 3.72. The lowest BCUT2D eigenvalue weighted by Crippen LogP contribution is -2.26. The fraction of sp³-hybridized carbons (Fsp3) is 0.375. The number of hydrogen-bond donors (Lipinski definition) is 1. The van der Waals surface area contributed by atoms with Crippen LogP contribution in [0.2, 0.25) is 0 Å². The summed E-state index contributed by atoms with van der Waals surface area (Å²) >= 11 is 3.58. The molecule has 0 aliphatic rings. The fourth-order valence-corrected chi connectivity index (χ4v) is 2.63. The minimum Gasteiger partial charge on any atom is -0.379 e. The van der Waals surface area contributed by atoms with E-state index in [4.69, 9.17) is 9.47 Å². The number of halogens is 1. The molecule has 0 saturated carbocycles. The first-order valence-corrected chi connectivity index (χ1v) is 7.69. The smallest absolute Gasteiger partial charge is 0.174 e. The Kier molecular flexibility index (Phi) is 5.83. The predicted octanol–water partition coefficient (Wildman–Crippen LogP) is 4.41. The quantitative estimate of drug-likeness (QED) is 0.759. The zero-order chi connectivity index (χ0) is 14.4. The molecule has 0 fully saturated rings. The van der Waals surface area contributed by atoms with Gasteiger partial charge in [-0.05, 0) is 31.4 Å². The second-order valence-corrected chi connectivity index (χ2v) is 5.22. The summed E-state index contributed by atoms with van der Waals surface area (Å²) in [5.74, 6) is 0. The standard InChI is InChI=1S/C16H20BrNO2/c1-3-19-16(20-4-2)11-18-15-10-9-14(17)12-7-5-6-8-13(12)15/h5-10,16,18H,3-4,11H2,1-2H3. The summed E-state index contributed by atoms with van der Waals surface area (Å²) in [5.41, 5.74) is 1.09. The van der Waals surface area contributed by atoms with Crippen molar-refractivity contribution < 1.29 is 9.47 Å². The summed E-state index contributed by atoms with van der Waals surface area (Å²) < 4.78 is 12.2. The Balaban J connectivity index is 2.15. The summed E-state index contributed by atoms with van der Waals surface area (Å²) in [4.78, 5) is 0. The molecule has 3 nitrogen and oxygen atoms in total. The molecule has 20 heavy (non-hydrogen) atoms. The van der Waals surface area contributed by atoms with Gasteiger partial charge in [-0.1, -0.05) is 40.2 Å². The molecule has 2 aromatic carbocycles. The highest BCUT2D eigenvalue weighted by Crippen LogP contribution is 2.29. The van der Waals surface area contributed by atoms with Gasteiger partial charge >= 0.3 is 0 Å². The number of fused-ring (bicyclic) bond motifs is 1. The normalized spacial score (nSPS) is 11.2. The molecule has 0 bridgehead atoms. The van der Waals surface area contributed by atoms with Crippen LogP contribution in [0.5, 0.6) is 0 Å². The van der Waals surface area contributed by atoms with Gasteiger partial charge in [0.15, 0.2) is 6.29 Å². The van der Waals surface area contributed by atoms with E-state index in [1.165, 1.54) is 10.8 Å². The minimum atomic E-state index is -0.215. The highest BCUT2D eigenvalue weighted by atomic mass is 79.9. The van der Waals surface area contributed by atoms with Crippen LogP contribution in [0.25, 0.3) is 10.8 Å². The van der Waals surface area contributed by atoms with E-state index in [-0.39, 0.29) is 6.29 Å². The summed E-state index contributed by atoms with van der Waals surface area (Å²) in [6.45, 7) is 5.87. The van der Waals surface area contributed by atoms with Crippen molar-refractivity contribution in [1.29, 1.82) is 0 Å². The lowest BCUT2D eigenvalue weighted by atomic mass is 10.1. The van der Waals surface area contributed by atoms with Crippen LogP contribution in [0.15, 0.2) is 40.9 Å². The molecule has 0 spiro atoms. The third-order valence-corrected chi connectivity index (χ3v) is 3.73. The molecule has 1 N–H and O–H groups in total. The van der Waals surface area contributed by atoms with Gasteiger partial charge in [0.2, 0.25) is 0 Å². The first-order valence-electron chi connectivity index (χ1n) is 6.90. The van der Waals surface area contributed by atoms with Gasteiger partial charge in [0.1, 0.15) is 0 Å². The van der Waals surface area contributed by atoms with Crippen molar-refractivity contribution in [1.82, 2.24) is 0 Å². The maximum atomic E-state index is 5.55. The molecular weight excluding hydrogens is 318 g/mol. The van der Waals surface area contributed by atoms with Crippen molar-refractivity contribution >= 4 is 32.4 Å². The number of nitrogens with one attached hydrogen (secondary N) is 1. The monoisotopic (exact) mass is 337 g/mol. The van der Waals surface area contributed by atoms with E-state index in [0.29, 0.717) is 19.8 Å². The SMILES string of the molecule is CCOC(CNc1ccc(Br)c2ccccc12)OCC. The van der Waals surface area contributed by atoms with Crippen molar-refractivity contribution in [2.75, 3.05) is 25.1 Å². The second kappa shape index (κ2) is 7.62. The molecule has 0 radical (unpaired) electrons. The largest absolute Gasteiger partial charge is 0.379 e. The Hall–Kier alpha value is -1.10. The molecule has 0 aromatic heterocycles. The number of hydrogen-bond acceptors (Lipinski definition) is 3. The highest BCUT2D eigenvalue weighted by molar-refractivity contribution is 9.10. The topological polar surface area (TPSA) is 30.5 Å². The van der Waals surface area contributed by atoms with Crippen molar-refractivity contribution in [3.05, 3.63) is 40.9 Å². The van der Waals surface area contributed by atoms with E-state index < -0.39 is 0 Å². The average Bonchev–Trinajstić information content (AvgIpc) is 2.47. The van der Waals surface area contributed by atoms with Gasteiger partial charge in [0.05, 0.1) is 6.54 Å². The number of benzene rings is 2.